The van der Waals surface area contributed by atoms with Gasteiger partial charge in [-0.05, 0) is 30.6 Å². The van der Waals surface area contributed by atoms with E-state index in [1.807, 2.05) is 0 Å². The number of piperazine rings is 1. The Morgan fingerprint density at radius 1 is 1.29 bits per heavy atom. The molecule has 0 radical (unpaired) electrons. The van der Waals surface area contributed by atoms with Crippen LogP contribution in [-0.2, 0) is 0 Å². The number of hydrogen-bond donors (Lipinski definition) is 1. The molecule has 0 amide bonds. The summed E-state index contributed by atoms with van der Waals surface area (Å²) in [6, 6.07) is 12.1. The van der Waals surface area contributed by atoms with E-state index in [2.05, 4.69) is 72.4 Å². The van der Waals surface area contributed by atoms with Gasteiger partial charge in [0.15, 0.2) is 0 Å². The molecular formula is C18H28N2S. The van der Waals surface area contributed by atoms with Crippen LogP contribution in [0.5, 0.6) is 0 Å². The molecule has 1 aromatic rings. The Balaban J connectivity index is 1.72. The molecule has 21 heavy (non-hydrogen) atoms. The Bertz CT molecular complexity index is 456. The Hall–Kier alpha value is -0.510. The Labute approximate surface area is 133 Å². The zero-order chi connectivity index (χ0) is 14.9. The third-order valence-electron chi connectivity index (χ3n) is 5.16. The van der Waals surface area contributed by atoms with Gasteiger partial charge in [-0.1, -0.05) is 44.2 Å². The molecule has 2 atom stereocenters. The molecule has 1 aliphatic heterocycles. The molecule has 2 nitrogen and oxygen atoms in total. The zero-order valence-corrected chi connectivity index (χ0v) is 14.3. The third kappa shape index (κ3) is 3.46. The van der Waals surface area contributed by atoms with Gasteiger partial charge in [0.2, 0.25) is 0 Å². The van der Waals surface area contributed by atoms with E-state index in [9.17, 15) is 0 Å². The highest BCUT2D eigenvalue weighted by Gasteiger charge is 2.45. The molecule has 1 N–H and O–H groups in total. The summed E-state index contributed by atoms with van der Waals surface area (Å²) in [6.45, 7) is 8.25. The maximum absolute atomic E-state index is 3.77. The molecule has 1 heterocycles. The van der Waals surface area contributed by atoms with Crippen molar-refractivity contribution in [1.82, 2.24) is 10.2 Å². The summed E-state index contributed by atoms with van der Waals surface area (Å²) in [6.07, 6.45) is 5.09. The van der Waals surface area contributed by atoms with Crippen LogP contribution in [0.15, 0.2) is 30.3 Å². The second-order valence-corrected chi connectivity index (χ2v) is 8.27. The molecule has 0 bridgehead atoms. The van der Waals surface area contributed by atoms with Gasteiger partial charge in [-0.25, -0.2) is 0 Å². The predicted octanol–water partition coefficient (Wildman–Crippen LogP) is 3.55. The topological polar surface area (TPSA) is 15.3 Å². The first-order chi connectivity index (χ1) is 10.1. The monoisotopic (exact) mass is 304 g/mol. The van der Waals surface area contributed by atoms with E-state index in [1.165, 1.54) is 24.9 Å². The maximum Gasteiger partial charge on any atom is 0.0449 e. The lowest BCUT2D eigenvalue weighted by Gasteiger charge is -2.44. The molecule has 1 saturated heterocycles. The minimum atomic E-state index is 0.485. The first-order valence-corrected chi connectivity index (χ1v) is 9.43. The van der Waals surface area contributed by atoms with Gasteiger partial charge in [0.25, 0.3) is 0 Å². The lowest BCUT2D eigenvalue weighted by Crippen LogP contribution is -2.56. The van der Waals surface area contributed by atoms with E-state index in [0.29, 0.717) is 22.7 Å². The summed E-state index contributed by atoms with van der Waals surface area (Å²) in [4.78, 5) is 2.77. The van der Waals surface area contributed by atoms with Crippen molar-refractivity contribution < 1.29 is 0 Å². The van der Waals surface area contributed by atoms with Crippen LogP contribution in [0.2, 0.25) is 0 Å². The molecule has 0 aromatic heterocycles. The number of nitrogens with zero attached hydrogens (tertiary/aromatic N) is 1. The van der Waals surface area contributed by atoms with Crippen molar-refractivity contribution in [1.29, 1.82) is 0 Å². The van der Waals surface area contributed by atoms with E-state index >= 15 is 0 Å². The minimum absolute atomic E-state index is 0.485. The molecule has 3 rings (SSSR count). The molecule has 116 valence electrons. The molecule has 3 heteroatoms. The molecule has 0 spiro atoms. The van der Waals surface area contributed by atoms with Crippen molar-refractivity contribution in [3.05, 3.63) is 35.9 Å². The van der Waals surface area contributed by atoms with Crippen LogP contribution >= 0.6 is 11.8 Å². The zero-order valence-electron chi connectivity index (χ0n) is 13.5. The standard InChI is InChI=1S/C18H28N2S/c1-14(2)17-11-19-16(15-7-5-4-6-8-15)12-20(17)13-18(21-3)9-10-18/h4-8,14,16-17,19H,9-13H2,1-3H3. The van der Waals surface area contributed by atoms with Crippen molar-refractivity contribution >= 4 is 11.8 Å². The first kappa shape index (κ1) is 15.4. The molecule has 2 fully saturated rings. The smallest absolute Gasteiger partial charge is 0.0449 e. The summed E-state index contributed by atoms with van der Waals surface area (Å²) in [5.74, 6) is 0.715. The average molecular weight is 305 g/mol. The van der Waals surface area contributed by atoms with Gasteiger partial charge in [0.05, 0.1) is 0 Å². The number of benzene rings is 1. The van der Waals surface area contributed by atoms with Gasteiger partial charge in [-0.3, -0.25) is 4.90 Å². The van der Waals surface area contributed by atoms with Crippen molar-refractivity contribution in [2.75, 3.05) is 25.9 Å². The van der Waals surface area contributed by atoms with Crippen LogP contribution in [-0.4, -0.2) is 41.6 Å². The lowest BCUT2D eigenvalue weighted by atomic mass is 9.95. The Morgan fingerprint density at radius 3 is 2.57 bits per heavy atom. The maximum atomic E-state index is 3.77. The number of hydrogen-bond acceptors (Lipinski definition) is 3. The summed E-state index contributed by atoms with van der Waals surface area (Å²) in [5, 5.41) is 3.77. The predicted molar refractivity (Wildman–Crippen MR) is 92.9 cm³/mol. The fourth-order valence-corrected chi connectivity index (χ4v) is 4.32. The summed E-state index contributed by atoms with van der Waals surface area (Å²) < 4.78 is 0.561. The summed E-state index contributed by atoms with van der Waals surface area (Å²) in [7, 11) is 0. The second kappa shape index (κ2) is 6.31. The first-order valence-electron chi connectivity index (χ1n) is 8.21. The van der Waals surface area contributed by atoms with Crippen LogP contribution in [0, 0.1) is 5.92 Å². The quantitative estimate of drug-likeness (QED) is 0.895. The highest BCUT2D eigenvalue weighted by molar-refractivity contribution is 8.00. The van der Waals surface area contributed by atoms with Crippen LogP contribution in [0.1, 0.15) is 38.3 Å². The van der Waals surface area contributed by atoms with Gasteiger partial charge in [-0.2, -0.15) is 11.8 Å². The molecular weight excluding hydrogens is 276 g/mol. The number of nitrogens with one attached hydrogen (secondary N) is 1. The minimum Gasteiger partial charge on any atom is -0.307 e. The second-order valence-electron chi connectivity index (χ2n) is 7.00. The number of rotatable bonds is 5. The Morgan fingerprint density at radius 2 is 2.00 bits per heavy atom. The summed E-state index contributed by atoms with van der Waals surface area (Å²) in [5.41, 5.74) is 1.43. The lowest BCUT2D eigenvalue weighted by molar-refractivity contribution is 0.0970. The van der Waals surface area contributed by atoms with Crippen LogP contribution < -0.4 is 5.32 Å². The van der Waals surface area contributed by atoms with Gasteiger partial charge >= 0.3 is 0 Å². The van der Waals surface area contributed by atoms with E-state index in [-0.39, 0.29) is 0 Å². The average Bonchev–Trinajstić information content (AvgIpc) is 3.28. The SMILES string of the molecule is CSC1(CN2CC(c3ccccc3)NCC2C(C)C)CC1. The summed E-state index contributed by atoms with van der Waals surface area (Å²) >= 11 is 2.08. The Kier molecular flexibility index (Phi) is 4.63. The van der Waals surface area contributed by atoms with Crippen molar-refractivity contribution in [2.45, 2.75) is 43.5 Å². The van der Waals surface area contributed by atoms with Gasteiger partial charge in [0.1, 0.15) is 0 Å². The van der Waals surface area contributed by atoms with Gasteiger partial charge in [0, 0.05) is 36.5 Å². The van der Waals surface area contributed by atoms with Gasteiger partial charge in [-0.15, -0.1) is 0 Å². The van der Waals surface area contributed by atoms with Gasteiger partial charge < -0.3 is 5.32 Å². The van der Waals surface area contributed by atoms with Crippen molar-refractivity contribution in [2.24, 2.45) is 5.92 Å². The fourth-order valence-electron chi connectivity index (χ4n) is 3.51. The van der Waals surface area contributed by atoms with E-state index < -0.39 is 0 Å². The largest absolute Gasteiger partial charge is 0.307 e. The molecule has 2 aliphatic rings. The highest BCUT2D eigenvalue weighted by Crippen LogP contribution is 2.48. The number of thioether (sulfide) groups is 1. The normalized spacial score (nSPS) is 28.8. The highest BCUT2D eigenvalue weighted by atomic mass is 32.2. The van der Waals surface area contributed by atoms with Crippen LogP contribution in [0.3, 0.4) is 0 Å². The van der Waals surface area contributed by atoms with E-state index in [4.69, 9.17) is 0 Å². The third-order valence-corrected chi connectivity index (χ3v) is 6.57. The van der Waals surface area contributed by atoms with Crippen molar-refractivity contribution in [3.63, 3.8) is 0 Å². The van der Waals surface area contributed by atoms with Crippen molar-refractivity contribution in [3.8, 4) is 0 Å². The molecule has 1 aliphatic carbocycles. The molecule has 2 unspecified atom stereocenters. The molecule has 1 saturated carbocycles. The van der Waals surface area contributed by atoms with E-state index in [1.54, 1.807) is 0 Å². The molecule has 1 aromatic carbocycles. The fraction of sp³-hybridized carbons (Fsp3) is 0.667. The van der Waals surface area contributed by atoms with Crippen LogP contribution in [0.25, 0.3) is 0 Å². The van der Waals surface area contributed by atoms with Crippen LogP contribution in [0.4, 0.5) is 0 Å². The van der Waals surface area contributed by atoms with E-state index in [0.717, 1.165) is 13.1 Å².